The van der Waals surface area contributed by atoms with Crippen LogP contribution in [0.15, 0.2) is 52.9 Å². The Kier molecular flexibility index (Phi) is 8.91. The standard InChI is InChI=1S/C30H42FNO4Si/c1-29(2,3)36-28(33)32(17-18-34-37(7,8)30(4,5)6)21-23-9-13-24-20-26(35-27(24)19-23)16-12-22-10-14-25(31)15-11-22/h9-11,13-15,19-20H,12,16-18,21H2,1-8H3. The van der Waals surface area contributed by atoms with E-state index < -0.39 is 13.9 Å². The summed E-state index contributed by atoms with van der Waals surface area (Å²) in [5, 5.41) is 1.12. The minimum Gasteiger partial charge on any atom is -0.461 e. The topological polar surface area (TPSA) is 51.9 Å². The molecule has 1 amide bonds. The number of carbonyl (C=O) groups excluding carboxylic acids is 1. The lowest BCUT2D eigenvalue weighted by Crippen LogP contribution is -2.44. The SMILES string of the molecule is CC(C)(C)OC(=O)N(CCO[Si](C)(C)C(C)(C)C)Cc1ccc2cc(CCc3ccc(F)cc3)oc2c1. The monoisotopic (exact) mass is 527 g/mol. The highest BCUT2D eigenvalue weighted by atomic mass is 28.4. The second-order valence-electron chi connectivity index (χ2n) is 12.2. The van der Waals surface area contributed by atoms with Crippen molar-refractivity contribution in [2.45, 2.75) is 84.7 Å². The molecular weight excluding hydrogens is 485 g/mol. The van der Waals surface area contributed by atoms with Gasteiger partial charge in [-0.25, -0.2) is 9.18 Å². The highest BCUT2D eigenvalue weighted by molar-refractivity contribution is 6.74. The first-order chi connectivity index (χ1) is 17.1. The smallest absolute Gasteiger partial charge is 0.410 e. The molecule has 0 N–H and O–H groups in total. The van der Waals surface area contributed by atoms with E-state index in [2.05, 4.69) is 33.9 Å². The molecule has 0 saturated heterocycles. The largest absolute Gasteiger partial charge is 0.461 e. The van der Waals surface area contributed by atoms with Gasteiger partial charge in [-0.05, 0) is 80.7 Å². The summed E-state index contributed by atoms with van der Waals surface area (Å²) < 4.78 is 31.3. The number of aryl methyl sites for hydroxylation is 2. The van der Waals surface area contributed by atoms with Crippen LogP contribution in [0.1, 0.15) is 58.4 Å². The Morgan fingerprint density at radius 1 is 0.946 bits per heavy atom. The van der Waals surface area contributed by atoms with Gasteiger partial charge in [-0.1, -0.05) is 45.0 Å². The van der Waals surface area contributed by atoms with Crippen molar-refractivity contribution in [1.29, 1.82) is 0 Å². The van der Waals surface area contributed by atoms with E-state index >= 15 is 0 Å². The molecule has 1 heterocycles. The number of ether oxygens (including phenoxy) is 1. The van der Waals surface area contributed by atoms with E-state index in [0.717, 1.165) is 40.7 Å². The van der Waals surface area contributed by atoms with Crippen molar-refractivity contribution in [1.82, 2.24) is 4.90 Å². The average molecular weight is 528 g/mol. The molecule has 0 radical (unpaired) electrons. The molecule has 0 spiro atoms. The first-order valence-electron chi connectivity index (χ1n) is 13.0. The molecule has 0 atom stereocenters. The molecule has 0 fully saturated rings. The zero-order valence-electron chi connectivity index (χ0n) is 23.6. The first kappa shape index (κ1) is 28.9. The quantitative estimate of drug-likeness (QED) is 0.264. The summed E-state index contributed by atoms with van der Waals surface area (Å²) in [6.45, 7) is 18.0. The second kappa shape index (κ2) is 11.4. The van der Waals surface area contributed by atoms with Crippen LogP contribution in [0.3, 0.4) is 0 Å². The molecule has 0 aliphatic rings. The summed E-state index contributed by atoms with van der Waals surface area (Å²) >= 11 is 0. The summed E-state index contributed by atoms with van der Waals surface area (Å²) in [5.41, 5.74) is 2.23. The molecule has 202 valence electrons. The van der Waals surface area contributed by atoms with Gasteiger partial charge in [-0.15, -0.1) is 0 Å². The van der Waals surface area contributed by atoms with Crippen LogP contribution in [-0.4, -0.2) is 38.1 Å². The molecule has 5 nitrogen and oxygen atoms in total. The van der Waals surface area contributed by atoms with Crippen molar-refractivity contribution >= 4 is 25.4 Å². The average Bonchev–Trinajstić information content (AvgIpc) is 3.18. The number of hydrogen-bond acceptors (Lipinski definition) is 4. The van der Waals surface area contributed by atoms with Crippen LogP contribution in [0, 0.1) is 5.82 Å². The molecule has 0 saturated carbocycles. The van der Waals surface area contributed by atoms with Crippen molar-refractivity contribution in [3.05, 3.63) is 71.2 Å². The van der Waals surface area contributed by atoms with E-state index in [1.165, 1.54) is 12.1 Å². The van der Waals surface area contributed by atoms with Crippen molar-refractivity contribution in [2.75, 3.05) is 13.2 Å². The second-order valence-corrected chi connectivity index (χ2v) is 17.0. The predicted octanol–water partition coefficient (Wildman–Crippen LogP) is 8.12. The van der Waals surface area contributed by atoms with Gasteiger partial charge in [0.2, 0.25) is 0 Å². The van der Waals surface area contributed by atoms with Gasteiger partial charge in [0.25, 0.3) is 0 Å². The van der Waals surface area contributed by atoms with Gasteiger partial charge < -0.3 is 18.5 Å². The maximum atomic E-state index is 13.2. The Bertz CT molecular complexity index is 1190. The minimum atomic E-state index is -1.93. The van der Waals surface area contributed by atoms with Gasteiger partial charge in [0.15, 0.2) is 8.32 Å². The molecule has 0 aliphatic heterocycles. The third kappa shape index (κ3) is 8.43. The summed E-state index contributed by atoms with van der Waals surface area (Å²) in [6, 6.07) is 14.6. The van der Waals surface area contributed by atoms with Gasteiger partial charge in [0.1, 0.15) is 22.8 Å². The highest BCUT2D eigenvalue weighted by Gasteiger charge is 2.37. The van der Waals surface area contributed by atoms with Crippen molar-refractivity contribution in [3.63, 3.8) is 0 Å². The van der Waals surface area contributed by atoms with E-state index in [9.17, 15) is 9.18 Å². The molecule has 3 aromatic rings. The number of benzene rings is 2. The Morgan fingerprint density at radius 2 is 1.59 bits per heavy atom. The molecule has 2 aromatic carbocycles. The Balaban J connectivity index is 1.70. The number of nitrogens with zero attached hydrogens (tertiary/aromatic N) is 1. The minimum absolute atomic E-state index is 0.0997. The van der Waals surface area contributed by atoms with Crippen LogP contribution in [0.5, 0.6) is 0 Å². The van der Waals surface area contributed by atoms with Crippen molar-refractivity contribution < 1.29 is 22.8 Å². The maximum Gasteiger partial charge on any atom is 0.410 e. The Morgan fingerprint density at radius 3 is 2.22 bits per heavy atom. The third-order valence-electron chi connectivity index (χ3n) is 6.86. The van der Waals surface area contributed by atoms with Crippen LogP contribution in [0.25, 0.3) is 11.0 Å². The summed E-state index contributed by atoms with van der Waals surface area (Å²) in [7, 11) is -1.93. The van der Waals surface area contributed by atoms with E-state index in [1.54, 1.807) is 17.0 Å². The van der Waals surface area contributed by atoms with Gasteiger partial charge in [0.05, 0.1) is 6.61 Å². The van der Waals surface area contributed by atoms with Crippen LogP contribution < -0.4 is 0 Å². The fourth-order valence-electron chi connectivity index (χ4n) is 3.68. The highest BCUT2D eigenvalue weighted by Crippen LogP contribution is 2.36. The number of halogens is 1. The zero-order chi connectivity index (χ0) is 27.4. The number of fused-ring (bicyclic) bond motifs is 1. The van der Waals surface area contributed by atoms with E-state index in [-0.39, 0.29) is 16.9 Å². The van der Waals surface area contributed by atoms with Crippen LogP contribution in [0.4, 0.5) is 9.18 Å². The lowest BCUT2D eigenvalue weighted by Gasteiger charge is -2.37. The van der Waals surface area contributed by atoms with E-state index in [1.807, 2.05) is 45.0 Å². The number of furan rings is 1. The number of hydrogen-bond donors (Lipinski definition) is 0. The first-order valence-corrected chi connectivity index (χ1v) is 15.9. The fraction of sp³-hybridized carbons (Fsp3) is 0.500. The number of carbonyl (C=O) groups is 1. The Hall–Kier alpha value is -2.64. The predicted molar refractivity (Wildman–Crippen MR) is 150 cm³/mol. The van der Waals surface area contributed by atoms with Gasteiger partial charge >= 0.3 is 6.09 Å². The zero-order valence-corrected chi connectivity index (χ0v) is 24.6. The normalized spacial score (nSPS) is 12.7. The van der Waals surface area contributed by atoms with Crippen molar-refractivity contribution in [3.8, 4) is 0 Å². The molecule has 0 unspecified atom stereocenters. The van der Waals surface area contributed by atoms with Crippen LogP contribution in [-0.2, 0) is 28.5 Å². The number of rotatable bonds is 9. The molecule has 3 rings (SSSR count). The Labute approximate surface area is 222 Å². The summed E-state index contributed by atoms with van der Waals surface area (Å²) in [5.74, 6) is 0.648. The molecular formula is C30H42FNO4Si. The van der Waals surface area contributed by atoms with Crippen molar-refractivity contribution in [2.24, 2.45) is 0 Å². The van der Waals surface area contributed by atoms with E-state index in [4.69, 9.17) is 13.6 Å². The fourth-order valence-corrected chi connectivity index (χ4v) is 4.71. The summed E-state index contributed by atoms with van der Waals surface area (Å²) in [6.07, 6.45) is 1.14. The molecule has 0 aliphatic carbocycles. The molecule has 0 bridgehead atoms. The molecule has 1 aromatic heterocycles. The third-order valence-corrected chi connectivity index (χ3v) is 11.4. The maximum absolute atomic E-state index is 13.2. The molecule has 37 heavy (non-hydrogen) atoms. The van der Waals surface area contributed by atoms with Gasteiger partial charge in [-0.2, -0.15) is 0 Å². The lowest BCUT2D eigenvalue weighted by molar-refractivity contribution is 0.0205. The lowest BCUT2D eigenvalue weighted by atomic mass is 10.1. The molecule has 7 heteroatoms. The summed E-state index contributed by atoms with van der Waals surface area (Å²) in [4.78, 5) is 14.7. The number of amides is 1. The van der Waals surface area contributed by atoms with Crippen LogP contribution in [0.2, 0.25) is 18.1 Å². The van der Waals surface area contributed by atoms with Crippen LogP contribution >= 0.6 is 0 Å². The van der Waals surface area contributed by atoms with Gasteiger partial charge in [-0.3, -0.25) is 0 Å². The van der Waals surface area contributed by atoms with E-state index in [0.29, 0.717) is 19.7 Å². The van der Waals surface area contributed by atoms with Gasteiger partial charge in [0, 0.05) is 24.9 Å².